The normalized spacial score (nSPS) is 19.2. The Hall–Kier alpha value is 0.293. The van der Waals surface area contributed by atoms with E-state index in [1.165, 1.54) is 52.1 Å². The Morgan fingerprint density at radius 1 is 1.05 bits per heavy atom. The number of hydrogen-bond acceptors (Lipinski definition) is 0. The van der Waals surface area contributed by atoms with Gasteiger partial charge in [-0.1, -0.05) is 33.6 Å². The van der Waals surface area contributed by atoms with Crippen LogP contribution in [0.1, 0.15) is 48.0 Å². The first-order valence-electron chi connectivity index (χ1n) is 6.31. The molecule has 0 saturated heterocycles. The van der Waals surface area contributed by atoms with Crippen LogP contribution in [-0.2, 0) is 24.2 Å². The first-order valence-corrected chi connectivity index (χ1v) is 8.05. The molecule has 0 saturated carbocycles. The third kappa shape index (κ3) is 7.91. The van der Waals surface area contributed by atoms with E-state index in [1.807, 2.05) is 0 Å². The number of halogens is 2. The van der Waals surface area contributed by atoms with Gasteiger partial charge >= 0.3 is 28.4 Å². The van der Waals surface area contributed by atoms with Crippen LogP contribution >= 0.6 is 0 Å². The van der Waals surface area contributed by atoms with Gasteiger partial charge in [-0.25, -0.2) is 16.7 Å². The van der Waals surface area contributed by atoms with Crippen LogP contribution < -0.4 is 24.8 Å². The standard InChI is InChI=1S/C9H13.C7H9.CH2.2ClH.Zr/c1-6-5-7(2)9(4)8(6)3;1-6-4-3-5-7(6)2;;;;/h6H,1-4H3;4H,3H2,1-2H3;1H2;2*1H;/q2*-1;;;;+2/p-2. The van der Waals surface area contributed by atoms with Gasteiger partial charge in [-0.15, -0.1) is 20.3 Å². The largest absolute Gasteiger partial charge is 1.00 e. The quantitative estimate of drug-likeness (QED) is 0.455. The van der Waals surface area contributed by atoms with Gasteiger partial charge in [-0.05, 0) is 0 Å². The van der Waals surface area contributed by atoms with Gasteiger partial charge in [0.1, 0.15) is 0 Å². The van der Waals surface area contributed by atoms with Gasteiger partial charge in [0.2, 0.25) is 0 Å². The van der Waals surface area contributed by atoms with E-state index < -0.39 is 0 Å². The molecule has 0 bridgehead atoms. The van der Waals surface area contributed by atoms with Gasteiger partial charge in [0.25, 0.3) is 0 Å². The van der Waals surface area contributed by atoms with Gasteiger partial charge in [0.05, 0.1) is 0 Å². The number of allylic oxidation sites excluding steroid dienone is 8. The first-order chi connectivity index (χ1) is 8.43. The van der Waals surface area contributed by atoms with Gasteiger partial charge in [-0.3, -0.25) is 12.2 Å². The van der Waals surface area contributed by atoms with Crippen LogP contribution in [0.2, 0.25) is 0 Å². The van der Waals surface area contributed by atoms with Crippen molar-refractivity contribution in [2.24, 2.45) is 5.92 Å². The number of hydrogen-bond donors (Lipinski definition) is 0. The van der Waals surface area contributed by atoms with Gasteiger partial charge < -0.3 is 24.8 Å². The zero-order valence-electron chi connectivity index (χ0n) is 13.3. The van der Waals surface area contributed by atoms with E-state index in [-0.39, 0.29) is 24.8 Å². The smallest absolute Gasteiger partial charge is 1.00 e. The van der Waals surface area contributed by atoms with Crippen LogP contribution in [0.4, 0.5) is 0 Å². The second-order valence-electron chi connectivity index (χ2n) is 4.69. The summed E-state index contributed by atoms with van der Waals surface area (Å²) < 4.78 is 3.34. The van der Waals surface area contributed by atoms with E-state index in [0.717, 1.165) is 6.42 Å². The summed E-state index contributed by atoms with van der Waals surface area (Å²) in [5.41, 5.74) is 6.95. The van der Waals surface area contributed by atoms with E-state index in [9.17, 15) is 0 Å². The summed E-state index contributed by atoms with van der Waals surface area (Å²) in [4.78, 5) is 0. The van der Waals surface area contributed by atoms with Crippen molar-refractivity contribution in [1.82, 2.24) is 0 Å². The maximum atomic E-state index is 3.36. The Morgan fingerprint density at radius 2 is 1.55 bits per heavy atom. The van der Waals surface area contributed by atoms with Crippen LogP contribution in [0, 0.1) is 18.1 Å². The minimum atomic E-state index is 0. The Kier molecular flexibility index (Phi) is 16.4. The monoisotopic (exact) mass is 388 g/mol. The van der Waals surface area contributed by atoms with Crippen LogP contribution in [0.15, 0.2) is 33.9 Å². The summed E-state index contributed by atoms with van der Waals surface area (Å²) in [6.07, 6.45) is 9.77. The van der Waals surface area contributed by atoms with E-state index in [4.69, 9.17) is 0 Å². The van der Waals surface area contributed by atoms with Crippen molar-refractivity contribution in [3.05, 3.63) is 46.1 Å². The Morgan fingerprint density at radius 3 is 1.65 bits per heavy atom. The fourth-order valence-corrected chi connectivity index (χ4v) is 1.81. The summed E-state index contributed by atoms with van der Waals surface area (Å²) >= 11 is 1.30. The maximum absolute atomic E-state index is 3.36. The Labute approximate surface area is 152 Å². The zero-order valence-corrected chi connectivity index (χ0v) is 17.3. The molecule has 2 aliphatic rings. The third-order valence-electron chi connectivity index (χ3n) is 3.60. The molecule has 2 aliphatic carbocycles. The van der Waals surface area contributed by atoms with Crippen molar-refractivity contribution in [2.75, 3.05) is 0 Å². The van der Waals surface area contributed by atoms with Crippen molar-refractivity contribution in [2.45, 2.75) is 48.0 Å². The van der Waals surface area contributed by atoms with Gasteiger partial charge in [0.15, 0.2) is 0 Å². The molecule has 0 radical (unpaired) electrons. The summed E-state index contributed by atoms with van der Waals surface area (Å²) in [6, 6.07) is 0. The van der Waals surface area contributed by atoms with Crippen molar-refractivity contribution in [3.63, 3.8) is 0 Å². The van der Waals surface area contributed by atoms with Crippen LogP contribution in [-0.4, -0.2) is 4.21 Å². The third-order valence-corrected chi connectivity index (χ3v) is 3.60. The van der Waals surface area contributed by atoms with Crippen LogP contribution in [0.25, 0.3) is 0 Å². The average Bonchev–Trinajstić information content (AvgIpc) is 2.83. The van der Waals surface area contributed by atoms with Crippen LogP contribution in [0.5, 0.6) is 0 Å². The molecule has 0 heterocycles. The second kappa shape index (κ2) is 13.0. The van der Waals surface area contributed by atoms with Crippen molar-refractivity contribution in [1.29, 1.82) is 0 Å². The molecule has 0 aliphatic heterocycles. The Balaban J connectivity index is -0.000000240. The second-order valence-corrected chi connectivity index (χ2v) is 4.69. The van der Waals surface area contributed by atoms with E-state index in [2.05, 4.69) is 64.0 Å². The summed E-state index contributed by atoms with van der Waals surface area (Å²) in [5, 5.41) is 0. The molecule has 0 aromatic rings. The molecule has 0 N–H and O–H groups in total. The van der Waals surface area contributed by atoms with E-state index in [1.54, 1.807) is 0 Å². The molecule has 2 rings (SSSR count). The molecule has 0 aromatic carbocycles. The van der Waals surface area contributed by atoms with Crippen molar-refractivity contribution < 1.29 is 49.0 Å². The molecule has 20 heavy (non-hydrogen) atoms. The predicted molar refractivity (Wildman–Crippen MR) is 77.9 cm³/mol. The summed E-state index contributed by atoms with van der Waals surface area (Å²) in [6.45, 7) is 12.9. The zero-order chi connectivity index (χ0) is 14.3. The molecule has 0 fully saturated rings. The SMILES string of the molecule is CC1=[C-]C(C)C(C)=C1C.CC1=[C-]CC=C1C.[CH2]=[Zr+2].[Cl-].[Cl-]. The fraction of sp³-hybridized carbons (Fsp3) is 0.471. The summed E-state index contributed by atoms with van der Waals surface area (Å²) in [5.74, 6) is 0.560. The topological polar surface area (TPSA) is 0 Å². The molecule has 3 heteroatoms. The molecule has 0 spiro atoms. The van der Waals surface area contributed by atoms with Crippen LogP contribution in [0.3, 0.4) is 0 Å². The average molecular weight is 391 g/mol. The molecule has 0 amide bonds. The minimum Gasteiger partial charge on any atom is -1.00 e. The molecule has 112 valence electrons. The molecule has 0 nitrogen and oxygen atoms in total. The molecular formula is C17H24Cl2Zr-2. The molecule has 1 atom stereocenters. The number of rotatable bonds is 0. The summed E-state index contributed by atoms with van der Waals surface area (Å²) in [7, 11) is 0. The van der Waals surface area contributed by atoms with Crippen molar-refractivity contribution in [3.8, 4) is 0 Å². The Bertz CT molecular complexity index is 399. The van der Waals surface area contributed by atoms with E-state index in [0.29, 0.717) is 5.92 Å². The fourth-order valence-electron chi connectivity index (χ4n) is 1.81. The van der Waals surface area contributed by atoms with Crippen molar-refractivity contribution >= 4 is 4.21 Å². The molecule has 0 aromatic heterocycles. The first kappa shape index (κ1) is 25.3. The van der Waals surface area contributed by atoms with Gasteiger partial charge in [0, 0.05) is 0 Å². The minimum absolute atomic E-state index is 0. The molecule has 1 unspecified atom stereocenters. The van der Waals surface area contributed by atoms with E-state index >= 15 is 0 Å². The molecular weight excluding hydrogens is 366 g/mol. The maximum Gasteiger partial charge on any atom is -1.00 e. The predicted octanol–water partition coefficient (Wildman–Crippen LogP) is -1.22. The van der Waals surface area contributed by atoms with Gasteiger partial charge in [-0.2, -0.15) is 17.2 Å².